The summed E-state index contributed by atoms with van der Waals surface area (Å²) in [6.07, 6.45) is 2.47. The summed E-state index contributed by atoms with van der Waals surface area (Å²) < 4.78 is 10.8. The molecule has 0 amide bonds. The number of hydrogen-bond donors (Lipinski definition) is 1. The van der Waals surface area contributed by atoms with Gasteiger partial charge in [-0.3, -0.25) is 9.98 Å². The number of methoxy groups -OCH3 is 1. The van der Waals surface area contributed by atoms with Crippen LogP contribution in [-0.4, -0.2) is 45.3 Å². The number of benzene rings is 1. The Morgan fingerprint density at radius 1 is 1.26 bits per heavy atom. The van der Waals surface area contributed by atoms with E-state index in [0.717, 1.165) is 33.0 Å². The molecule has 1 N–H and O–H groups in total. The summed E-state index contributed by atoms with van der Waals surface area (Å²) in [5.74, 6) is 1.46. The van der Waals surface area contributed by atoms with E-state index in [-0.39, 0.29) is 6.04 Å². The number of hydrogen-bond acceptors (Lipinski definition) is 7. The van der Waals surface area contributed by atoms with E-state index in [9.17, 15) is 5.11 Å². The number of aliphatic imine (C=N–C) groups is 1. The van der Waals surface area contributed by atoms with E-state index in [4.69, 9.17) is 9.47 Å². The van der Waals surface area contributed by atoms with Gasteiger partial charge in [-0.25, -0.2) is 4.98 Å². The second-order valence-corrected chi connectivity index (χ2v) is 7.14. The van der Waals surface area contributed by atoms with Gasteiger partial charge < -0.3 is 14.6 Å². The summed E-state index contributed by atoms with van der Waals surface area (Å²) in [5, 5.41) is 12.1. The predicted molar refractivity (Wildman–Crippen MR) is 106 cm³/mol. The molecule has 138 valence electrons. The minimum absolute atomic E-state index is 0.303. The van der Waals surface area contributed by atoms with Gasteiger partial charge in [0.05, 0.1) is 24.9 Å². The Labute approximate surface area is 161 Å². The van der Waals surface area contributed by atoms with Crippen molar-refractivity contribution in [3.8, 4) is 5.75 Å². The normalized spacial score (nSPS) is 17.7. The summed E-state index contributed by atoms with van der Waals surface area (Å²) in [6.45, 7) is 0.303. The van der Waals surface area contributed by atoms with Crippen LogP contribution < -0.4 is 4.74 Å². The molecular formula is C20H19N3O3S. The lowest BCUT2D eigenvalue weighted by Gasteiger charge is -2.15. The Bertz CT molecular complexity index is 965. The maximum atomic E-state index is 10.3. The summed E-state index contributed by atoms with van der Waals surface area (Å²) >= 11 is 1.58. The van der Waals surface area contributed by atoms with Crippen molar-refractivity contribution in [1.29, 1.82) is 0 Å². The average Bonchev–Trinajstić information content (AvgIpc) is 3.22. The highest BCUT2D eigenvalue weighted by Crippen LogP contribution is 2.27. The zero-order valence-corrected chi connectivity index (χ0v) is 15.6. The Kier molecular flexibility index (Phi) is 5.33. The van der Waals surface area contributed by atoms with E-state index >= 15 is 0 Å². The molecule has 1 aromatic carbocycles. The summed E-state index contributed by atoms with van der Waals surface area (Å²) in [5.41, 5.74) is 2.60. The number of aliphatic hydroxyl groups excluding tert-OH is 1. The van der Waals surface area contributed by atoms with Gasteiger partial charge in [0, 0.05) is 23.5 Å². The third kappa shape index (κ3) is 4.10. The molecule has 0 fully saturated rings. The molecule has 2 aromatic heterocycles. The van der Waals surface area contributed by atoms with Crippen molar-refractivity contribution in [2.75, 3.05) is 12.9 Å². The molecule has 3 heterocycles. The largest absolute Gasteiger partial charge is 0.497 e. The number of aromatic nitrogens is 2. The minimum atomic E-state index is -0.958. The molecule has 4 rings (SSSR count). The number of fused-ring (bicyclic) bond motifs is 1. The van der Waals surface area contributed by atoms with Crippen molar-refractivity contribution in [3.63, 3.8) is 0 Å². The number of nitrogens with zero attached hydrogens (tertiary/aromatic N) is 3. The number of ether oxygens (including phenoxy) is 2. The smallest absolute Gasteiger partial charge is 0.178 e. The fourth-order valence-corrected chi connectivity index (χ4v) is 3.84. The quantitative estimate of drug-likeness (QED) is 0.662. The van der Waals surface area contributed by atoms with Gasteiger partial charge in [-0.1, -0.05) is 12.1 Å². The maximum absolute atomic E-state index is 10.3. The first-order valence-electron chi connectivity index (χ1n) is 8.57. The predicted octanol–water partition coefficient (Wildman–Crippen LogP) is 3.04. The standard InChI is InChI=1S/C20H19N3O3S/c1-25-15-5-7-16-14(9-15)4-6-17(22-16)19-23-18(12-27-19)20(24)26-11-13-3-2-8-21-10-13/h2-10,18,20,24H,11-12H2,1H3/t18-,20?/m1/s1. The SMILES string of the molecule is COc1ccc2nc(C3=N[C@@H](C(O)OCc4cccnc4)CS3)ccc2c1. The maximum Gasteiger partial charge on any atom is 0.178 e. The molecule has 0 spiro atoms. The second-order valence-electron chi connectivity index (χ2n) is 6.13. The highest BCUT2D eigenvalue weighted by atomic mass is 32.2. The van der Waals surface area contributed by atoms with Crippen LogP contribution in [0.2, 0.25) is 0 Å². The van der Waals surface area contributed by atoms with Crippen LogP contribution in [0.1, 0.15) is 11.3 Å². The molecule has 27 heavy (non-hydrogen) atoms. The first-order chi connectivity index (χ1) is 13.2. The molecule has 1 aliphatic heterocycles. The first kappa shape index (κ1) is 17.9. The summed E-state index contributed by atoms with van der Waals surface area (Å²) in [6, 6.07) is 13.2. The van der Waals surface area contributed by atoms with Gasteiger partial charge in [0.15, 0.2) is 6.29 Å². The summed E-state index contributed by atoms with van der Waals surface area (Å²) in [4.78, 5) is 13.3. The van der Waals surface area contributed by atoms with Crippen molar-refractivity contribution in [2.45, 2.75) is 18.9 Å². The third-order valence-electron chi connectivity index (χ3n) is 4.26. The van der Waals surface area contributed by atoms with Crippen LogP contribution in [0.15, 0.2) is 59.9 Å². The van der Waals surface area contributed by atoms with Gasteiger partial charge in [-0.2, -0.15) is 0 Å². The number of pyridine rings is 2. The van der Waals surface area contributed by atoms with Crippen LogP contribution in [-0.2, 0) is 11.3 Å². The molecule has 2 atom stereocenters. The molecule has 0 saturated heterocycles. The Morgan fingerprint density at radius 3 is 3.00 bits per heavy atom. The van der Waals surface area contributed by atoms with Crippen molar-refractivity contribution in [2.24, 2.45) is 4.99 Å². The van der Waals surface area contributed by atoms with Crippen molar-refractivity contribution in [3.05, 3.63) is 66.1 Å². The fraction of sp³-hybridized carbons (Fsp3) is 0.250. The van der Waals surface area contributed by atoms with Gasteiger partial charge in [0.2, 0.25) is 0 Å². The Balaban J connectivity index is 1.46. The zero-order chi connectivity index (χ0) is 18.6. The number of aliphatic hydroxyl groups is 1. The number of thioether (sulfide) groups is 1. The van der Waals surface area contributed by atoms with Gasteiger partial charge in [0.1, 0.15) is 16.8 Å². The molecule has 0 bridgehead atoms. The molecule has 0 aliphatic carbocycles. The molecular weight excluding hydrogens is 362 g/mol. The van der Waals surface area contributed by atoms with Crippen LogP contribution in [0.25, 0.3) is 10.9 Å². The van der Waals surface area contributed by atoms with Crippen LogP contribution in [0, 0.1) is 0 Å². The highest BCUT2D eigenvalue weighted by Gasteiger charge is 2.27. The molecule has 1 aliphatic rings. The minimum Gasteiger partial charge on any atom is -0.497 e. The molecule has 0 saturated carbocycles. The van der Waals surface area contributed by atoms with Crippen molar-refractivity contribution < 1.29 is 14.6 Å². The van der Waals surface area contributed by atoms with Crippen LogP contribution in [0.3, 0.4) is 0 Å². The van der Waals surface area contributed by atoms with E-state index in [1.807, 2.05) is 42.5 Å². The van der Waals surface area contributed by atoms with Gasteiger partial charge >= 0.3 is 0 Å². The lowest BCUT2D eigenvalue weighted by atomic mass is 10.2. The lowest BCUT2D eigenvalue weighted by Crippen LogP contribution is -2.27. The third-order valence-corrected chi connectivity index (χ3v) is 5.36. The lowest BCUT2D eigenvalue weighted by molar-refractivity contribution is -0.116. The molecule has 7 heteroatoms. The van der Waals surface area contributed by atoms with Gasteiger partial charge in [0.25, 0.3) is 0 Å². The van der Waals surface area contributed by atoms with E-state index < -0.39 is 6.29 Å². The van der Waals surface area contributed by atoms with E-state index in [0.29, 0.717) is 12.4 Å². The van der Waals surface area contributed by atoms with Gasteiger partial charge in [-0.15, -0.1) is 11.8 Å². The Morgan fingerprint density at radius 2 is 2.19 bits per heavy atom. The first-order valence-corrected chi connectivity index (χ1v) is 9.56. The fourth-order valence-electron chi connectivity index (χ4n) is 2.80. The monoisotopic (exact) mass is 381 g/mol. The summed E-state index contributed by atoms with van der Waals surface area (Å²) in [7, 11) is 1.65. The Hall–Kier alpha value is -2.48. The highest BCUT2D eigenvalue weighted by molar-refractivity contribution is 8.14. The molecule has 0 radical (unpaired) electrons. The van der Waals surface area contributed by atoms with Crippen molar-refractivity contribution >= 4 is 27.7 Å². The average molecular weight is 381 g/mol. The van der Waals surface area contributed by atoms with E-state index in [1.54, 1.807) is 31.3 Å². The topological polar surface area (TPSA) is 76.8 Å². The van der Waals surface area contributed by atoms with Crippen LogP contribution in [0.4, 0.5) is 0 Å². The van der Waals surface area contributed by atoms with Crippen LogP contribution >= 0.6 is 11.8 Å². The van der Waals surface area contributed by atoms with E-state index in [1.165, 1.54) is 0 Å². The molecule has 6 nitrogen and oxygen atoms in total. The van der Waals surface area contributed by atoms with Crippen molar-refractivity contribution in [1.82, 2.24) is 9.97 Å². The zero-order valence-electron chi connectivity index (χ0n) is 14.8. The second kappa shape index (κ2) is 8.04. The van der Waals surface area contributed by atoms with Crippen LogP contribution in [0.5, 0.6) is 5.75 Å². The van der Waals surface area contributed by atoms with Gasteiger partial charge in [-0.05, 0) is 35.9 Å². The molecule has 1 unspecified atom stereocenters. The van der Waals surface area contributed by atoms with E-state index in [2.05, 4.69) is 15.0 Å². The molecule has 3 aromatic rings. The number of rotatable bonds is 6.